The SMILES string of the molecule is CCCC(C)CC(Cc1csc(C)n1)NN. The van der Waals surface area contributed by atoms with Crippen molar-refractivity contribution in [1.82, 2.24) is 10.4 Å². The first kappa shape index (κ1) is 13.6. The van der Waals surface area contributed by atoms with Crippen molar-refractivity contribution in [3.05, 3.63) is 16.1 Å². The molecule has 0 amide bonds. The molecule has 4 heteroatoms. The van der Waals surface area contributed by atoms with Crippen molar-refractivity contribution in [3.63, 3.8) is 0 Å². The second kappa shape index (κ2) is 6.99. The Kier molecular flexibility index (Phi) is 5.95. The highest BCUT2D eigenvalue weighted by Crippen LogP contribution is 2.16. The monoisotopic (exact) mass is 241 g/mol. The second-order valence-corrected chi connectivity index (χ2v) is 5.62. The van der Waals surface area contributed by atoms with Crippen molar-refractivity contribution >= 4 is 11.3 Å². The molecule has 1 heterocycles. The highest BCUT2D eigenvalue weighted by Gasteiger charge is 2.13. The molecule has 2 atom stereocenters. The van der Waals surface area contributed by atoms with Gasteiger partial charge < -0.3 is 0 Å². The molecule has 0 saturated carbocycles. The van der Waals surface area contributed by atoms with Crippen molar-refractivity contribution in [2.45, 2.75) is 52.5 Å². The van der Waals surface area contributed by atoms with Gasteiger partial charge in [-0.25, -0.2) is 4.98 Å². The molecule has 1 aromatic heterocycles. The number of nitrogens with one attached hydrogen (secondary N) is 1. The minimum absolute atomic E-state index is 0.350. The van der Waals surface area contributed by atoms with E-state index in [-0.39, 0.29) is 0 Å². The maximum atomic E-state index is 5.60. The fraction of sp³-hybridized carbons (Fsp3) is 0.750. The predicted molar refractivity (Wildman–Crippen MR) is 70.4 cm³/mol. The zero-order valence-electron chi connectivity index (χ0n) is 10.5. The van der Waals surface area contributed by atoms with Crippen LogP contribution in [0.2, 0.25) is 0 Å². The lowest BCUT2D eigenvalue weighted by Gasteiger charge is -2.19. The summed E-state index contributed by atoms with van der Waals surface area (Å²) in [5.74, 6) is 6.33. The van der Waals surface area contributed by atoms with Gasteiger partial charge in [0.25, 0.3) is 0 Å². The Bertz CT molecular complexity index is 298. The molecule has 0 aliphatic rings. The Morgan fingerprint density at radius 2 is 2.31 bits per heavy atom. The van der Waals surface area contributed by atoms with E-state index in [9.17, 15) is 0 Å². The molecule has 0 aliphatic heterocycles. The fourth-order valence-corrected chi connectivity index (χ4v) is 2.69. The first-order valence-electron chi connectivity index (χ1n) is 6.02. The van der Waals surface area contributed by atoms with Gasteiger partial charge in [-0.15, -0.1) is 11.3 Å². The zero-order valence-corrected chi connectivity index (χ0v) is 11.3. The van der Waals surface area contributed by atoms with Crippen LogP contribution in [0.5, 0.6) is 0 Å². The van der Waals surface area contributed by atoms with E-state index in [0.29, 0.717) is 6.04 Å². The van der Waals surface area contributed by atoms with Crippen LogP contribution in [-0.4, -0.2) is 11.0 Å². The molecule has 2 unspecified atom stereocenters. The van der Waals surface area contributed by atoms with Crippen LogP contribution in [0, 0.1) is 12.8 Å². The number of hydrogen-bond acceptors (Lipinski definition) is 4. The van der Waals surface area contributed by atoms with Gasteiger partial charge >= 0.3 is 0 Å². The third-order valence-electron chi connectivity index (χ3n) is 2.83. The lowest BCUT2D eigenvalue weighted by Crippen LogP contribution is -2.38. The van der Waals surface area contributed by atoms with E-state index >= 15 is 0 Å². The number of aryl methyl sites for hydroxylation is 1. The number of aromatic nitrogens is 1. The van der Waals surface area contributed by atoms with Crippen LogP contribution in [-0.2, 0) is 6.42 Å². The summed E-state index contributed by atoms with van der Waals surface area (Å²) in [6.45, 7) is 6.56. The number of nitrogens with two attached hydrogens (primary N) is 1. The van der Waals surface area contributed by atoms with Gasteiger partial charge in [0.1, 0.15) is 0 Å². The van der Waals surface area contributed by atoms with Gasteiger partial charge in [-0.05, 0) is 19.3 Å². The molecule has 0 spiro atoms. The number of thiazole rings is 1. The maximum absolute atomic E-state index is 5.60. The summed E-state index contributed by atoms with van der Waals surface area (Å²) in [7, 11) is 0. The summed E-state index contributed by atoms with van der Waals surface area (Å²) < 4.78 is 0. The molecule has 0 aliphatic carbocycles. The van der Waals surface area contributed by atoms with E-state index in [2.05, 4.69) is 29.6 Å². The standard InChI is InChI=1S/C12H23N3S/c1-4-5-9(2)6-11(15-13)7-12-8-16-10(3)14-12/h8-9,11,15H,4-7,13H2,1-3H3. The van der Waals surface area contributed by atoms with Crippen molar-refractivity contribution in [3.8, 4) is 0 Å². The van der Waals surface area contributed by atoms with E-state index in [0.717, 1.165) is 29.5 Å². The lowest BCUT2D eigenvalue weighted by atomic mass is 9.95. The third-order valence-corrected chi connectivity index (χ3v) is 3.65. The third kappa shape index (κ3) is 4.60. The van der Waals surface area contributed by atoms with Crippen LogP contribution < -0.4 is 11.3 Å². The highest BCUT2D eigenvalue weighted by molar-refractivity contribution is 7.09. The first-order valence-corrected chi connectivity index (χ1v) is 6.90. The fourth-order valence-electron chi connectivity index (χ4n) is 2.06. The number of nitrogens with zero attached hydrogens (tertiary/aromatic N) is 1. The Labute approximate surface area is 102 Å². The van der Waals surface area contributed by atoms with Gasteiger partial charge in [-0.1, -0.05) is 26.7 Å². The Morgan fingerprint density at radius 1 is 1.56 bits per heavy atom. The van der Waals surface area contributed by atoms with Gasteiger partial charge in [-0.3, -0.25) is 11.3 Å². The smallest absolute Gasteiger partial charge is 0.0897 e. The number of rotatable bonds is 7. The van der Waals surface area contributed by atoms with Crippen LogP contribution in [0.15, 0.2) is 5.38 Å². The van der Waals surface area contributed by atoms with Gasteiger partial charge in [0.2, 0.25) is 0 Å². The first-order chi connectivity index (χ1) is 7.65. The Hall–Kier alpha value is -0.450. The maximum Gasteiger partial charge on any atom is 0.0897 e. The summed E-state index contributed by atoms with van der Waals surface area (Å²) >= 11 is 1.71. The minimum Gasteiger partial charge on any atom is -0.271 e. The molecule has 0 radical (unpaired) electrons. The van der Waals surface area contributed by atoms with Crippen molar-refractivity contribution in [2.75, 3.05) is 0 Å². The normalized spacial score (nSPS) is 15.0. The molecule has 0 saturated heterocycles. The van der Waals surface area contributed by atoms with E-state index in [4.69, 9.17) is 5.84 Å². The summed E-state index contributed by atoms with van der Waals surface area (Å²) in [5.41, 5.74) is 4.07. The molecule has 0 bridgehead atoms. The molecule has 92 valence electrons. The molecule has 3 nitrogen and oxygen atoms in total. The molecule has 16 heavy (non-hydrogen) atoms. The van der Waals surface area contributed by atoms with Crippen molar-refractivity contribution in [2.24, 2.45) is 11.8 Å². The van der Waals surface area contributed by atoms with Crippen LogP contribution in [0.4, 0.5) is 0 Å². The van der Waals surface area contributed by atoms with Crippen LogP contribution >= 0.6 is 11.3 Å². The zero-order chi connectivity index (χ0) is 12.0. The largest absolute Gasteiger partial charge is 0.271 e. The molecule has 1 rings (SSSR count). The molecule has 0 fully saturated rings. The molecule has 1 aromatic rings. The second-order valence-electron chi connectivity index (χ2n) is 4.56. The highest BCUT2D eigenvalue weighted by atomic mass is 32.1. The van der Waals surface area contributed by atoms with E-state index in [1.54, 1.807) is 11.3 Å². The van der Waals surface area contributed by atoms with Crippen molar-refractivity contribution in [1.29, 1.82) is 0 Å². The van der Waals surface area contributed by atoms with E-state index < -0.39 is 0 Å². The predicted octanol–water partition coefficient (Wildman–Crippen LogP) is 2.65. The average Bonchev–Trinajstić information content (AvgIpc) is 2.63. The summed E-state index contributed by atoms with van der Waals surface area (Å²) in [4.78, 5) is 4.47. The van der Waals surface area contributed by atoms with Crippen LogP contribution in [0.25, 0.3) is 0 Å². The van der Waals surface area contributed by atoms with E-state index in [1.165, 1.54) is 12.8 Å². The van der Waals surface area contributed by atoms with E-state index in [1.807, 2.05) is 6.92 Å². The van der Waals surface area contributed by atoms with Crippen LogP contribution in [0.1, 0.15) is 43.8 Å². The summed E-state index contributed by atoms with van der Waals surface area (Å²) in [6, 6.07) is 0.350. The van der Waals surface area contributed by atoms with Gasteiger partial charge in [-0.2, -0.15) is 0 Å². The molecule has 3 N–H and O–H groups in total. The topological polar surface area (TPSA) is 50.9 Å². The van der Waals surface area contributed by atoms with Gasteiger partial charge in [0, 0.05) is 17.8 Å². The number of hydrazine groups is 1. The van der Waals surface area contributed by atoms with Gasteiger partial charge in [0.15, 0.2) is 0 Å². The van der Waals surface area contributed by atoms with Gasteiger partial charge in [0.05, 0.1) is 10.7 Å². The molecule has 0 aromatic carbocycles. The molecular weight excluding hydrogens is 218 g/mol. The lowest BCUT2D eigenvalue weighted by molar-refractivity contribution is 0.383. The number of hydrogen-bond donors (Lipinski definition) is 2. The molecular formula is C12H23N3S. The average molecular weight is 241 g/mol. The van der Waals surface area contributed by atoms with Crippen molar-refractivity contribution < 1.29 is 0 Å². The Balaban J connectivity index is 2.42. The van der Waals surface area contributed by atoms with Crippen LogP contribution in [0.3, 0.4) is 0 Å². The summed E-state index contributed by atoms with van der Waals surface area (Å²) in [6.07, 6.45) is 4.58. The summed E-state index contributed by atoms with van der Waals surface area (Å²) in [5, 5.41) is 3.26. The quantitative estimate of drug-likeness (QED) is 0.570. The Morgan fingerprint density at radius 3 is 2.81 bits per heavy atom. The minimum atomic E-state index is 0.350.